The number of nitrogens with zero attached hydrogens (tertiary/aromatic N) is 2. The minimum Gasteiger partial charge on any atom is -0.369 e. The number of halogens is 2. The highest BCUT2D eigenvalue weighted by molar-refractivity contribution is 6.07. The SMILES string of the molecule is NC(=O)C1(C(=O)N2C[C@H](c3cc(F)cc(F)c3)[C@H]3[C@@H]2C2CCN3CC2)CC1. The number of hydrogen-bond acceptors (Lipinski definition) is 3. The average Bonchev–Trinajstić information content (AvgIpc) is 3.35. The van der Waals surface area contributed by atoms with Crippen molar-refractivity contribution in [2.75, 3.05) is 19.6 Å². The van der Waals surface area contributed by atoms with Crippen molar-refractivity contribution in [1.29, 1.82) is 0 Å². The normalized spacial score (nSPS) is 35.8. The number of carbonyl (C=O) groups excluding carboxylic acids is 2. The van der Waals surface area contributed by atoms with Gasteiger partial charge >= 0.3 is 0 Å². The molecule has 5 aliphatic rings. The summed E-state index contributed by atoms with van der Waals surface area (Å²) in [4.78, 5) is 29.4. The highest BCUT2D eigenvalue weighted by atomic mass is 19.1. The molecule has 0 spiro atoms. The van der Waals surface area contributed by atoms with E-state index >= 15 is 0 Å². The number of hydrogen-bond donors (Lipinski definition) is 1. The van der Waals surface area contributed by atoms with Crippen LogP contribution in [0.5, 0.6) is 0 Å². The Labute approximate surface area is 156 Å². The Bertz CT molecular complexity index is 797. The van der Waals surface area contributed by atoms with Gasteiger partial charge in [0.25, 0.3) is 0 Å². The van der Waals surface area contributed by atoms with Crippen molar-refractivity contribution >= 4 is 11.8 Å². The van der Waals surface area contributed by atoms with Crippen LogP contribution in [0.2, 0.25) is 0 Å². The van der Waals surface area contributed by atoms with Crippen LogP contribution in [0.3, 0.4) is 0 Å². The maximum absolute atomic E-state index is 13.9. The van der Waals surface area contributed by atoms with Crippen LogP contribution in [0.25, 0.3) is 0 Å². The van der Waals surface area contributed by atoms with Gasteiger partial charge in [0.1, 0.15) is 17.0 Å². The molecule has 6 rings (SSSR count). The molecular formula is C20H23F2N3O2. The molecule has 1 saturated carbocycles. The monoisotopic (exact) mass is 375 g/mol. The standard InChI is InChI=1S/C20H23F2N3O2/c21-13-7-12(8-14(22)9-13)15-10-25(19(27)20(3-4-20)18(23)26)16-11-1-5-24(6-2-11)17(15)16/h7-9,11,15-17H,1-6,10H2,(H2,23,26)/t15-,16+,17+/m1/s1. The number of nitrogens with two attached hydrogens (primary N) is 1. The molecule has 5 fully saturated rings. The second kappa shape index (κ2) is 5.74. The molecule has 1 aromatic rings. The van der Waals surface area contributed by atoms with Crippen LogP contribution in [0.1, 0.15) is 37.2 Å². The van der Waals surface area contributed by atoms with Crippen LogP contribution in [0.15, 0.2) is 18.2 Å². The first-order valence-corrected chi connectivity index (χ1v) is 9.72. The molecule has 0 aromatic heterocycles. The predicted octanol–water partition coefficient (Wildman–Crippen LogP) is 1.62. The van der Waals surface area contributed by atoms with Crippen LogP contribution in [-0.4, -0.2) is 53.3 Å². The molecule has 7 heteroatoms. The fourth-order valence-electron chi connectivity index (χ4n) is 5.70. The third-order valence-electron chi connectivity index (χ3n) is 7.20. The van der Waals surface area contributed by atoms with E-state index in [9.17, 15) is 18.4 Å². The first-order chi connectivity index (χ1) is 12.9. The maximum atomic E-state index is 13.9. The molecule has 4 heterocycles. The Balaban J connectivity index is 1.54. The minimum atomic E-state index is -1.06. The number of carbonyl (C=O) groups is 2. The van der Waals surface area contributed by atoms with Crippen molar-refractivity contribution in [3.63, 3.8) is 0 Å². The number of likely N-dealkylation sites (tertiary alicyclic amines) is 1. The minimum absolute atomic E-state index is 0.00634. The van der Waals surface area contributed by atoms with Gasteiger partial charge in [0.15, 0.2) is 0 Å². The molecule has 2 bridgehead atoms. The van der Waals surface area contributed by atoms with E-state index in [0.29, 0.717) is 30.9 Å². The molecule has 27 heavy (non-hydrogen) atoms. The smallest absolute Gasteiger partial charge is 0.238 e. The molecule has 0 unspecified atom stereocenters. The molecule has 2 N–H and O–H groups in total. The Morgan fingerprint density at radius 2 is 1.67 bits per heavy atom. The summed E-state index contributed by atoms with van der Waals surface area (Å²) in [7, 11) is 0. The third-order valence-corrected chi connectivity index (χ3v) is 7.20. The summed E-state index contributed by atoms with van der Waals surface area (Å²) >= 11 is 0. The lowest BCUT2D eigenvalue weighted by Gasteiger charge is -2.51. The largest absolute Gasteiger partial charge is 0.369 e. The van der Waals surface area contributed by atoms with E-state index in [2.05, 4.69) is 4.90 Å². The van der Waals surface area contributed by atoms with Crippen molar-refractivity contribution in [3.05, 3.63) is 35.4 Å². The number of fused-ring (bicyclic) bond motifs is 2. The first-order valence-electron chi connectivity index (χ1n) is 9.72. The number of benzene rings is 1. The van der Waals surface area contributed by atoms with Crippen LogP contribution in [0.4, 0.5) is 8.78 Å². The van der Waals surface area contributed by atoms with Gasteiger partial charge in [0.2, 0.25) is 11.8 Å². The topological polar surface area (TPSA) is 66.6 Å². The molecular weight excluding hydrogens is 352 g/mol. The van der Waals surface area contributed by atoms with Crippen molar-refractivity contribution in [3.8, 4) is 0 Å². The molecule has 1 aromatic carbocycles. The first kappa shape index (κ1) is 17.1. The van der Waals surface area contributed by atoms with Gasteiger partial charge in [-0.2, -0.15) is 0 Å². The van der Waals surface area contributed by atoms with E-state index in [0.717, 1.165) is 32.0 Å². The summed E-state index contributed by atoms with van der Waals surface area (Å²) in [5.41, 5.74) is 5.07. The molecule has 4 aliphatic heterocycles. The van der Waals surface area contributed by atoms with E-state index < -0.39 is 23.0 Å². The molecule has 5 nitrogen and oxygen atoms in total. The second-order valence-corrected chi connectivity index (χ2v) is 8.57. The van der Waals surface area contributed by atoms with Crippen LogP contribution in [0, 0.1) is 23.0 Å². The molecule has 144 valence electrons. The number of primary amides is 1. The maximum Gasteiger partial charge on any atom is 0.238 e. The van der Waals surface area contributed by atoms with Gasteiger partial charge in [-0.05, 0) is 62.4 Å². The third kappa shape index (κ3) is 2.43. The van der Waals surface area contributed by atoms with Crippen LogP contribution < -0.4 is 5.73 Å². The Kier molecular flexibility index (Phi) is 3.63. The quantitative estimate of drug-likeness (QED) is 0.817. The predicted molar refractivity (Wildman–Crippen MR) is 93.5 cm³/mol. The average molecular weight is 375 g/mol. The van der Waals surface area contributed by atoms with E-state index in [1.807, 2.05) is 4.90 Å². The molecule has 0 radical (unpaired) electrons. The highest BCUT2D eigenvalue weighted by Crippen LogP contribution is 2.52. The van der Waals surface area contributed by atoms with Crippen LogP contribution in [-0.2, 0) is 9.59 Å². The van der Waals surface area contributed by atoms with Gasteiger partial charge in [0.05, 0.1) is 6.04 Å². The van der Waals surface area contributed by atoms with Crippen molar-refractivity contribution in [1.82, 2.24) is 9.80 Å². The lowest BCUT2D eigenvalue weighted by molar-refractivity contribution is -0.146. The molecule has 2 amide bonds. The Morgan fingerprint density at radius 1 is 1.04 bits per heavy atom. The second-order valence-electron chi connectivity index (χ2n) is 8.57. The number of piperidine rings is 3. The molecule has 4 saturated heterocycles. The van der Waals surface area contributed by atoms with E-state index in [-0.39, 0.29) is 23.9 Å². The van der Waals surface area contributed by atoms with Gasteiger partial charge in [-0.25, -0.2) is 8.78 Å². The summed E-state index contributed by atoms with van der Waals surface area (Å²) in [6, 6.07) is 3.67. The van der Waals surface area contributed by atoms with Gasteiger partial charge in [-0.1, -0.05) is 0 Å². The zero-order valence-electron chi connectivity index (χ0n) is 15.0. The molecule has 1 aliphatic carbocycles. The molecule has 3 atom stereocenters. The summed E-state index contributed by atoms with van der Waals surface area (Å²) < 4.78 is 27.7. The fraction of sp³-hybridized carbons (Fsp3) is 0.600. The number of rotatable bonds is 3. The van der Waals surface area contributed by atoms with E-state index in [4.69, 9.17) is 5.73 Å². The lowest BCUT2D eigenvalue weighted by Crippen LogP contribution is -2.61. The zero-order valence-corrected chi connectivity index (χ0v) is 15.0. The van der Waals surface area contributed by atoms with Gasteiger partial charge < -0.3 is 10.6 Å². The van der Waals surface area contributed by atoms with Gasteiger partial charge in [-0.15, -0.1) is 0 Å². The van der Waals surface area contributed by atoms with Crippen molar-refractivity contribution in [2.45, 2.75) is 43.7 Å². The Hall–Kier alpha value is -2.02. The van der Waals surface area contributed by atoms with Crippen molar-refractivity contribution in [2.24, 2.45) is 17.1 Å². The van der Waals surface area contributed by atoms with Gasteiger partial charge in [0, 0.05) is 24.6 Å². The van der Waals surface area contributed by atoms with Crippen molar-refractivity contribution < 1.29 is 18.4 Å². The van der Waals surface area contributed by atoms with Crippen LogP contribution >= 0.6 is 0 Å². The summed E-state index contributed by atoms with van der Waals surface area (Å²) in [5.74, 6) is -1.72. The Morgan fingerprint density at radius 3 is 2.22 bits per heavy atom. The number of amides is 2. The van der Waals surface area contributed by atoms with Gasteiger partial charge in [-0.3, -0.25) is 14.5 Å². The fourth-order valence-corrected chi connectivity index (χ4v) is 5.70. The lowest BCUT2D eigenvalue weighted by atomic mass is 9.75. The summed E-state index contributed by atoms with van der Waals surface area (Å²) in [6.07, 6.45) is 3.03. The summed E-state index contributed by atoms with van der Waals surface area (Å²) in [5, 5.41) is 0. The van der Waals surface area contributed by atoms with E-state index in [1.165, 1.54) is 12.1 Å². The zero-order chi connectivity index (χ0) is 18.9. The van der Waals surface area contributed by atoms with E-state index in [1.54, 1.807) is 0 Å². The summed E-state index contributed by atoms with van der Waals surface area (Å²) in [6.45, 7) is 2.28. The highest BCUT2D eigenvalue weighted by Gasteiger charge is 2.62.